The minimum Gasteiger partial charge on any atom is -0.395 e. The Balaban J connectivity index is 2.85. The number of hydrogen-bond acceptors (Lipinski definition) is 6. The first-order valence-corrected chi connectivity index (χ1v) is 6.54. The van der Waals surface area contributed by atoms with Crippen molar-refractivity contribution in [2.24, 2.45) is 0 Å². The molecular weight excluding hydrogens is 318 g/mol. The van der Waals surface area contributed by atoms with Crippen molar-refractivity contribution >= 4 is 34.8 Å². The molecule has 0 aromatic heterocycles. The molecule has 0 saturated heterocycles. The van der Waals surface area contributed by atoms with Crippen LogP contribution in [-0.2, 0) is 9.59 Å². The van der Waals surface area contributed by atoms with Gasteiger partial charge in [-0.3, -0.25) is 19.7 Å². The number of nitrogens with one attached hydrogen (secondary N) is 1. The smallest absolute Gasteiger partial charge is 0.313 e. The van der Waals surface area contributed by atoms with Gasteiger partial charge in [0.2, 0.25) is 0 Å². The molecule has 0 heterocycles. The van der Waals surface area contributed by atoms with E-state index in [4.69, 9.17) is 21.8 Å². The van der Waals surface area contributed by atoms with E-state index < -0.39 is 22.4 Å². The van der Waals surface area contributed by atoms with E-state index in [1.807, 2.05) is 0 Å². The van der Waals surface area contributed by atoms with E-state index in [1.54, 1.807) is 0 Å². The summed E-state index contributed by atoms with van der Waals surface area (Å²) in [6, 6.07) is 3.55. The number of halogens is 1. The van der Waals surface area contributed by atoms with E-state index in [0.717, 1.165) is 11.0 Å². The Morgan fingerprint density at radius 2 is 1.86 bits per heavy atom. The average Bonchev–Trinajstić information content (AvgIpc) is 2.47. The topological polar surface area (TPSA) is 133 Å². The first-order valence-electron chi connectivity index (χ1n) is 6.16. The van der Waals surface area contributed by atoms with Crippen molar-refractivity contribution in [1.82, 2.24) is 4.90 Å². The number of aliphatic hydroxyl groups excluding tert-OH is 2. The van der Waals surface area contributed by atoms with Crippen LogP contribution in [0.4, 0.5) is 11.4 Å². The van der Waals surface area contributed by atoms with Crippen LogP contribution in [0.5, 0.6) is 0 Å². The van der Waals surface area contributed by atoms with Crippen molar-refractivity contribution in [3.63, 3.8) is 0 Å². The van der Waals surface area contributed by atoms with Gasteiger partial charge < -0.3 is 20.4 Å². The Bertz CT molecular complexity index is 574. The highest BCUT2D eigenvalue weighted by atomic mass is 35.5. The molecule has 2 amide bonds. The second-order valence-corrected chi connectivity index (χ2v) is 4.52. The quantitative estimate of drug-likeness (QED) is 0.382. The van der Waals surface area contributed by atoms with Crippen LogP contribution in [0.15, 0.2) is 18.2 Å². The molecule has 120 valence electrons. The van der Waals surface area contributed by atoms with Crippen LogP contribution in [0.3, 0.4) is 0 Å². The molecule has 0 saturated carbocycles. The molecule has 3 N–H and O–H groups in total. The number of rotatable bonds is 6. The van der Waals surface area contributed by atoms with Gasteiger partial charge in [-0.1, -0.05) is 11.6 Å². The summed E-state index contributed by atoms with van der Waals surface area (Å²) in [4.78, 5) is 34.6. The number of nitro groups is 1. The van der Waals surface area contributed by atoms with E-state index in [1.165, 1.54) is 12.1 Å². The Labute approximate surface area is 130 Å². The van der Waals surface area contributed by atoms with Crippen molar-refractivity contribution in [1.29, 1.82) is 0 Å². The second-order valence-electron chi connectivity index (χ2n) is 4.12. The molecule has 0 aliphatic heterocycles. The lowest BCUT2D eigenvalue weighted by molar-refractivity contribution is -0.384. The van der Waals surface area contributed by atoms with Crippen molar-refractivity contribution in [2.75, 3.05) is 31.6 Å². The number of nitro benzene ring substituents is 1. The number of anilines is 1. The summed E-state index contributed by atoms with van der Waals surface area (Å²) in [6.07, 6.45) is 0. The minimum atomic E-state index is -1.04. The molecule has 0 aliphatic carbocycles. The molecule has 0 spiro atoms. The van der Waals surface area contributed by atoms with E-state index in [0.29, 0.717) is 0 Å². The number of carbonyl (C=O) groups excluding carboxylic acids is 2. The second kappa shape index (κ2) is 8.27. The zero-order valence-electron chi connectivity index (χ0n) is 11.4. The van der Waals surface area contributed by atoms with E-state index in [9.17, 15) is 19.7 Å². The molecule has 1 aromatic carbocycles. The van der Waals surface area contributed by atoms with Crippen LogP contribution in [0.2, 0.25) is 5.02 Å². The highest BCUT2D eigenvalue weighted by Crippen LogP contribution is 2.27. The Morgan fingerprint density at radius 3 is 2.36 bits per heavy atom. The molecule has 10 heteroatoms. The normalized spacial score (nSPS) is 10.1. The molecule has 0 radical (unpaired) electrons. The Morgan fingerprint density at radius 1 is 1.27 bits per heavy atom. The molecule has 1 aromatic rings. The Hall–Kier alpha value is -2.23. The zero-order chi connectivity index (χ0) is 16.7. The summed E-state index contributed by atoms with van der Waals surface area (Å²) in [6.45, 7) is -0.974. The highest BCUT2D eigenvalue weighted by molar-refractivity contribution is 6.39. The van der Waals surface area contributed by atoms with Crippen molar-refractivity contribution in [3.8, 4) is 0 Å². The van der Waals surface area contributed by atoms with Gasteiger partial charge in [-0.25, -0.2) is 0 Å². The summed E-state index contributed by atoms with van der Waals surface area (Å²) < 4.78 is 0. The summed E-state index contributed by atoms with van der Waals surface area (Å²) in [5.74, 6) is -2.01. The maximum absolute atomic E-state index is 11.8. The van der Waals surface area contributed by atoms with E-state index in [2.05, 4.69) is 5.32 Å². The molecule has 0 atom stereocenters. The lowest BCUT2D eigenvalue weighted by atomic mass is 10.2. The largest absolute Gasteiger partial charge is 0.395 e. The molecule has 22 heavy (non-hydrogen) atoms. The summed E-state index contributed by atoms with van der Waals surface area (Å²) >= 11 is 5.64. The van der Waals surface area contributed by atoms with Crippen LogP contribution in [0.1, 0.15) is 0 Å². The molecule has 9 nitrogen and oxygen atoms in total. The maximum atomic E-state index is 11.8. The number of amides is 2. The van der Waals surface area contributed by atoms with Gasteiger partial charge in [-0.05, 0) is 12.1 Å². The maximum Gasteiger partial charge on any atom is 0.313 e. The predicted molar refractivity (Wildman–Crippen MR) is 77.5 cm³/mol. The number of nitrogens with zero attached hydrogens (tertiary/aromatic N) is 2. The van der Waals surface area contributed by atoms with Crippen LogP contribution in [0, 0.1) is 10.1 Å². The SMILES string of the molecule is O=C(Nc1ccc(Cl)c([N+](=O)[O-])c1)C(=O)N(CCO)CCO. The van der Waals surface area contributed by atoms with Crippen molar-refractivity contribution in [2.45, 2.75) is 0 Å². The highest BCUT2D eigenvalue weighted by Gasteiger charge is 2.22. The van der Waals surface area contributed by atoms with Crippen LogP contribution in [-0.4, -0.2) is 58.2 Å². The lowest BCUT2D eigenvalue weighted by Crippen LogP contribution is -2.42. The number of benzene rings is 1. The third-order valence-corrected chi connectivity index (χ3v) is 2.94. The monoisotopic (exact) mass is 331 g/mol. The minimum absolute atomic E-state index is 0.0300. The fraction of sp³-hybridized carbons (Fsp3) is 0.333. The van der Waals surface area contributed by atoms with Crippen molar-refractivity contribution < 1.29 is 24.7 Å². The predicted octanol–water partition coefficient (Wildman–Crippen LogP) is -0.0001000. The fourth-order valence-corrected chi connectivity index (χ4v) is 1.80. The summed E-state index contributed by atoms with van der Waals surface area (Å²) in [5, 5.41) is 30.5. The molecule has 0 bridgehead atoms. The van der Waals surface area contributed by atoms with Gasteiger partial charge in [0, 0.05) is 24.8 Å². The van der Waals surface area contributed by atoms with Gasteiger partial charge >= 0.3 is 11.8 Å². The van der Waals surface area contributed by atoms with Crippen LogP contribution < -0.4 is 5.32 Å². The third-order valence-electron chi connectivity index (χ3n) is 2.62. The van der Waals surface area contributed by atoms with Gasteiger partial charge in [0.25, 0.3) is 5.69 Å². The molecule has 0 aliphatic rings. The molecule has 0 fully saturated rings. The third kappa shape index (κ3) is 4.65. The first-order chi connectivity index (χ1) is 10.4. The Kier molecular flexibility index (Phi) is 6.70. The van der Waals surface area contributed by atoms with Gasteiger partial charge in [0.1, 0.15) is 5.02 Å². The number of carbonyl (C=O) groups is 2. The van der Waals surface area contributed by atoms with Crippen molar-refractivity contribution in [3.05, 3.63) is 33.3 Å². The summed E-state index contributed by atoms with van der Waals surface area (Å²) in [5.41, 5.74) is -0.378. The fourth-order valence-electron chi connectivity index (χ4n) is 1.61. The van der Waals surface area contributed by atoms with E-state index >= 15 is 0 Å². The number of aliphatic hydroxyl groups is 2. The first kappa shape index (κ1) is 17.8. The molecule has 0 unspecified atom stereocenters. The molecule has 1 rings (SSSR count). The summed E-state index contributed by atoms with van der Waals surface area (Å²) in [7, 11) is 0. The number of hydrogen-bond donors (Lipinski definition) is 3. The van der Waals surface area contributed by atoms with Crippen LogP contribution in [0.25, 0.3) is 0 Å². The average molecular weight is 332 g/mol. The van der Waals surface area contributed by atoms with E-state index in [-0.39, 0.29) is 37.0 Å². The zero-order valence-corrected chi connectivity index (χ0v) is 12.1. The standard InChI is InChI=1S/C12H14ClN3O6/c13-9-2-1-8(7-10(9)16(21)22)14-11(19)12(20)15(3-5-17)4-6-18/h1-2,7,17-18H,3-6H2,(H,14,19). The van der Waals surface area contributed by atoms with Crippen LogP contribution >= 0.6 is 11.6 Å². The van der Waals surface area contributed by atoms with Gasteiger partial charge in [-0.2, -0.15) is 0 Å². The van der Waals surface area contributed by atoms with Gasteiger partial charge in [0.05, 0.1) is 18.1 Å². The molecular formula is C12H14ClN3O6. The lowest BCUT2D eigenvalue weighted by Gasteiger charge is -2.19. The van der Waals surface area contributed by atoms with Gasteiger partial charge in [0.15, 0.2) is 0 Å². The van der Waals surface area contributed by atoms with Gasteiger partial charge in [-0.15, -0.1) is 0 Å².